The second-order valence-electron chi connectivity index (χ2n) is 7.18. The van der Waals surface area contributed by atoms with Gasteiger partial charge >= 0.3 is 0 Å². The van der Waals surface area contributed by atoms with Crippen LogP contribution in [0.5, 0.6) is 0 Å². The molecular weight excluding hydrogens is 310 g/mol. The Bertz CT molecular complexity index is 637. The summed E-state index contributed by atoms with van der Waals surface area (Å²) >= 11 is 0. The fraction of sp³-hybridized carbons (Fsp3) is 0.556. The molecule has 1 N–H and O–H groups in total. The number of carbonyl (C=O) groups excluding carboxylic acids is 2. The summed E-state index contributed by atoms with van der Waals surface area (Å²) in [5, 5.41) is 10.3. The lowest BCUT2D eigenvalue weighted by Crippen LogP contribution is -2.35. The molecule has 6 nitrogen and oxygen atoms in total. The van der Waals surface area contributed by atoms with Crippen molar-refractivity contribution in [3.05, 3.63) is 35.5 Å². The van der Waals surface area contributed by atoms with Crippen molar-refractivity contribution in [2.24, 2.45) is 5.41 Å². The van der Waals surface area contributed by atoms with E-state index in [-0.39, 0.29) is 24.0 Å². The fourth-order valence-electron chi connectivity index (χ4n) is 2.65. The molecule has 1 aromatic heterocycles. The van der Waals surface area contributed by atoms with Crippen molar-refractivity contribution >= 4 is 11.7 Å². The fourth-order valence-corrected chi connectivity index (χ4v) is 2.65. The summed E-state index contributed by atoms with van der Waals surface area (Å²) in [7, 11) is 0. The molecular formula is C18H25NO5. The largest absolute Gasteiger partial charge is 0.503 e. The molecule has 24 heavy (non-hydrogen) atoms. The number of ether oxygens (including phenoxy) is 1. The van der Waals surface area contributed by atoms with Crippen molar-refractivity contribution in [3.8, 4) is 0 Å². The summed E-state index contributed by atoms with van der Waals surface area (Å²) in [6, 6.07) is 2.66. The van der Waals surface area contributed by atoms with Crippen LogP contribution in [0.4, 0.5) is 0 Å². The number of carbonyl (C=O) groups is 2. The number of amides is 1. The predicted molar refractivity (Wildman–Crippen MR) is 88.4 cm³/mol. The average Bonchev–Trinajstić information content (AvgIpc) is 3.07. The molecule has 0 spiro atoms. The quantitative estimate of drug-likeness (QED) is 0.864. The molecule has 0 aliphatic carbocycles. The van der Waals surface area contributed by atoms with Gasteiger partial charge in [0.2, 0.25) is 0 Å². The van der Waals surface area contributed by atoms with E-state index in [1.54, 1.807) is 32.9 Å². The van der Waals surface area contributed by atoms with E-state index < -0.39 is 23.1 Å². The van der Waals surface area contributed by atoms with Gasteiger partial charge in [0.05, 0.1) is 24.5 Å². The molecule has 6 heteroatoms. The van der Waals surface area contributed by atoms with Crippen molar-refractivity contribution in [2.75, 3.05) is 13.2 Å². The van der Waals surface area contributed by atoms with Crippen LogP contribution in [-0.4, -0.2) is 41.0 Å². The van der Waals surface area contributed by atoms with Gasteiger partial charge in [-0.25, -0.2) is 0 Å². The molecule has 1 aliphatic heterocycles. The van der Waals surface area contributed by atoms with Gasteiger partial charge in [-0.05, 0) is 26.0 Å². The first kappa shape index (κ1) is 18.3. The van der Waals surface area contributed by atoms with E-state index in [0.717, 1.165) is 0 Å². The number of aliphatic hydroxyl groups is 1. The molecule has 132 valence electrons. The number of hydrogen-bond acceptors (Lipinski definition) is 5. The maximum absolute atomic E-state index is 12.8. The standard InChI is InChI=1S/C18H25NO5/c1-11(2)23-10-8-19-14(12-7-6-9-24-12)13(15(20)17(19)22)16(21)18(3,4)5/h6-7,9,11,14,20H,8,10H2,1-5H3. The van der Waals surface area contributed by atoms with Crippen LogP contribution >= 0.6 is 0 Å². The number of Topliss-reactive ketones (excluding diaryl/α,β-unsaturated/α-hetero) is 1. The summed E-state index contributed by atoms with van der Waals surface area (Å²) in [4.78, 5) is 26.7. The zero-order valence-electron chi connectivity index (χ0n) is 14.8. The van der Waals surface area contributed by atoms with Gasteiger partial charge in [0, 0.05) is 12.0 Å². The molecule has 0 saturated carbocycles. The highest BCUT2D eigenvalue weighted by molar-refractivity contribution is 6.10. The topological polar surface area (TPSA) is 80.0 Å². The van der Waals surface area contributed by atoms with E-state index in [1.165, 1.54) is 11.2 Å². The average molecular weight is 335 g/mol. The third-order valence-corrected chi connectivity index (χ3v) is 3.83. The molecule has 1 atom stereocenters. The lowest BCUT2D eigenvalue weighted by Gasteiger charge is -2.27. The molecule has 0 saturated heterocycles. The first-order chi connectivity index (χ1) is 11.1. The predicted octanol–water partition coefficient (Wildman–Crippen LogP) is 3.02. The van der Waals surface area contributed by atoms with Gasteiger partial charge in [-0.15, -0.1) is 0 Å². The zero-order valence-corrected chi connectivity index (χ0v) is 14.8. The summed E-state index contributed by atoms with van der Waals surface area (Å²) in [6.07, 6.45) is 1.51. The normalized spacial score (nSPS) is 18.8. The molecule has 0 fully saturated rings. The van der Waals surface area contributed by atoms with Gasteiger partial charge in [-0.3, -0.25) is 9.59 Å². The molecule has 2 rings (SSSR count). The zero-order chi connectivity index (χ0) is 18.1. The van der Waals surface area contributed by atoms with Crippen molar-refractivity contribution in [1.29, 1.82) is 0 Å². The van der Waals surface area contributed by atoms with E-state index in [0.29, 0.717) is 12.4 Å². The molecule has 0 aromatic carbocycles. The van der Waals surface area contributed by atoms with Gasteiger partial charge in [-0.1, -0.05) is 20.8 Å². The monoisotopic (exact) mass is 335 g/mol. The Hall–Kier alpha value is -2.08. The van der Waals surface area contributed by atoms with E-state index in [9.17, 15) is 14.7 Å². The minimum absolute atomic E-state index is 0.0296. The highest BCUT2D eigenvalue weighted by Crippen LogP contribution is 2.40. The van der Waals surface area contributed by atoms with E-state index in [1.807, 2.05) is 13.8 Å². The molecule has 1 aliphatic rings. The second kappa shape index (κ2) is 6.81. The number of ketones is 1. The lowest BCUT2D eigenvalue weighted by molar-refractivity contribution is -0.130. The van der Waals surface area contributed by atoms with Crippen LogP contribution in [0.15, 0.2) is 34.1 Å². The van der Waals surface area contributed by atoms with Crippen LogP contribution < -0.4 is 0 Å². The minimum Gasteiger partial charge on any atom is -0.503 e. The van der Waals surface area contributed by atoms with Gasteiger partial charge in [0.25, 0.3) is 5.91 Å². The number of furan rings is 1. The Morgan fingerprint density at radius 2 is 2.08 bits per heavy atom. The minimum atomic E-state index is -0.727. The van der Waals surface area contributed by atoms with Gasteiger partial charge < -0.3 is 19.2 Å². The number of hydrogen-bond donors (Lipinski definition) is 1. The van der Waals surface area contributed by atoms with Gasteiger partial charge in [0.1, 0.15) is 11.8 Å². The van der Waals surface area contributed by atoms with Crippen molar-refractivity contribution < 1.29 is 23.8 Å². The third kappa shape index (κ3) is 3.53. The van der Waals surface area contributed by atoms with Gasteiger partial charge in [0.15, 0.2) is 11.5 Å². The van der Waals surface area contributed by atoms with Crippen LogP contribution in [-0.2, 0) is 14.3 Å². The molecule has 1 amide bonds. The summed E-state index contributed by atoms with van der Waals surface area (Å²) in [5.74, 6) is -0.899. The highest BCUT2D eigenvalue weighted by atomic mass is 16.5. The molecule has 0 bridgehead atoms. The maximum Gasteiger partial charge on any atom is 0.290 e. The second-order valence-corrected chi connectivity index (χ2v) is 7.18. The maximum atomic E-state index is 12.8. The van der Waals surface area contributed by atoms with Crippen LogP contribution in [0.3, 0.4) is 0 Å². The van der Waals surface area contributed by atoms with Crippen molar-refractivity contribution in [3.63, 3.8) is 0 Å². The summed E-state index contributed by atoms with van der Waals surface area (Å²) < 4.78 is 10.9. The van der Waals surface area contributed by atoms with Crippen molar-refractivity contribution in [1.82, 2.24) is 4.90 Å². The van der Waals surface area contributed by atoms with E-state index >= 15 is 0 Å². The number of rotatable bonds is 6. The SMILES string of the molecule is CC(C)OCCN1C(=O)C(O)=C(C(=O)C(C)(C)C)C1c1ccco1. The number of nitrogens with zero attached hydrogens (tertiary/aromatic N) is 1. The molecule has 2 heterocycles. The Balaban J connectivity index is 2.37. The third-order valence-electron chi connectivity index (χ3n) is 3.83. The Morgan fingerprint density at radius 3 is 2.58 bits per heavy atom. The van der Waals surface area contributed by atoms with Crippen LogP contribution in [0.1, 0.15) is 46.4 Å². The van der Waals surface area contributed by atoms with Crippen LogP contribution in [0.2, 0.25) is 0 Å². The van der Waals surface area contributed by atoms with Crippen LogP contribution in [0.25, 0.3) is 0 Å². The Labute approximate surface area is 142 Å². The van der Waals surface area contributed by atoms with E-state index in [4.69, 9.17) is 9.15 Å². The molecule has 0 radical (unpaired) electrons. The van der Waals surface area contributed by atoms with Crippen molar-refractivity contribution in [2.45, 2.75) is 46.8 Å². The molecule has 1 aromatic rings. The van der Waals surface area contributed by atoms with E-state index in [2.05, 4.69) is 0 Å². The lowest BCUT2D eigenvalue weighted by atomic mass is 9.83. The first-order valence-corrected chi connectivity index (χ1v) is 8.08. The molecule has 1 unspecified atom stereocenters. The Kier molecular flexibility index (Phi) is 5.18. The number of aliphatic hydroxyl groups excluding tert-OH is 1. The smallest absolute Gasteiger partial charge is 0.290 e. The summed E-state index contributed by atoms with van der Waals surface area (Å²) in [6.45, 7) is 9.63. The highest BCUT2D eigenvalue weighted by Gasteiger charge is 2.46. The Morgan fingerprint density at radius 1 is 1.42 bits per heavy atom. The summed E-state index contributed by atoms with van der Waals surface area (Å²) in [5.41, 5.74) is -0.634. The first-order valence-electron chi connectivity index (χ1n) is 8.08. The van der Waals surface area contributed by atoms with Crippen LogP contribution in [0, 0.1) is 5.41 Å². The van der Waals surface area contributed by atoms with Gasteiger partial charge in [-0.2, -0.15) is 0 Å².